The second kappa shape index (κ2) is 7.70. The maximum atomic E-state index is 11.5. The first-order valence-corrected chi connectivity index (χ1v) is 6.83. The second-order valence-corrected chi connectivity index (χ2v) is 4.89. The van der Waals surface area contributed by atoms with Crippen LogP contribution in [-0.2, 0) is 38.1 Å². The number of ether oxygens (including phenoxy) is 4. The van der Waals surface area contributed by atoms with E-state index < -0.39 is 48.3 Å². The normalized spacial score (nSPS) is 28.8. The van der Waals surface area contributed by atoms with Gasteiger partial charge in [-0.25, -0.2) is 19.2 Å². The van der Waals surface area contributed by atoms with Gasteiger partial charge in [-0.2, -0.15) is 0 Å². The van der Waals surface area contributed by atoms with Crippen molar-refractivity contribution < 1.29 is 48.3 Å². The van der Waals surface area contributed by atoms with Gasteiger partial charge in [-0.3, -0.25) is 0 Å². The van der Waals surface area contributed by atoms with Gasteiger partial charge in [0.25, 0.3) is 0 Å². The summed E-state index contributed by atoms with van der Waals surface area (Å²) in [7, 11) is 0. The van der Waals surface area contributed by atoms with Gasteiger partial charge in [0.15, 0.2) is 12.2 Å². The third kappa shape index (κ3) is 4.64. The Balaban J connectivity index is 1.87. The Labute approximate surface area is 135 Å². The first-order valence-electron chi connectivity index (χ1n) is 6.83. The predicted molar refractivity (Wildman–Crippen MR) is 72.8 cm³/mol. The van der Waals surface area contributed by atoms with Gasteiger partial charge in [-0.15, -0.1) is 0 Å². The standard InChI is InChI=1S/C14H14O10/c15-9(16)1-3-11(19)23-7-5-21-14-8(6-22-13(7)14)24-12(20)4-2-10(17)18/h1-4,7-8,13-14H,5-6H2,(H,15,16)(H,17,18)/b3-1-,4-2-/t7-,8-,13+,14+/m0/s1. The summed E-state index contributed by atoms with van der Waals surface area (Å²) in [5, 5.41) is 16.9. The van der Waals surface area contributed by atoms with Crippen LogP contribution in [0, 0.1) is 0 Å². The van der Waals surface area contributed by atoms with E-state index in [4.69, 9.17) is 29.2 Å². The number of hydrogen-bond donors (Lipinski definition) is 2. The zero-order valence-corrected chi connectivity index (χ0v) is 12.2. The molecule has 2 fully saturated rings. The molecule has 0 unspecified atom stereocenters. The largest absolute Gasteiger partial charge is 0.478 e. The maximum absolute atomic E-state index is 11.5. The van der Waals surface area contributed by atoms with Gasteiger partial charge in [0.1, 0.15) is 12.2 Å². The van der Waals surface area contributed by atoms with E-state index in [2.05, 4.69) is 0 Å². The molecule has 0 aromatic carbocycles. The lowest BCUT2D eigenvalue weighted by Crippen LogP contribution is -2.35. The predicted octanol–water partition coefficient (Wildman–Crippen LogP) is -1.11. The van der Waals surface area contributed by atoms with Crippen molar-refractivity contribution in [3.63, 3.8) is 0 Å². The molecule has 0 aromatic rings. The molecule has 2 aliphatic rings. The molecule has 0 aliphatic carbocycles. The Hall–Kier alpha value is -2.72. The Morgan fingerprint density at radius 2 is 1.12 bits per heavy atom. The molecule has 10 nitrogen and oxygen atoms in total. The second-order valence-electron chi connectivity index (χ2n) is 4.89. The summed E-state index contributed by atoms with van der Waals surface area (Å²) in [6.45, 7) is 0.00199. The summed E-state index contributed by atoms with van der Waals surface area (Å²) in [4.78, 5) is 43.6. The topological polar surface area (TPSA) is 146 Å². The molecule has 0 saturated carbocycles. The summed E-state index contributed by atoms with van der Waals surface area (Å²) in [6, 6.07) is 0. The van der Waals surface area contributed by atoms with Gasteiger partial charge >= 0.3 is 23.9 Å². The van der Waals surface area contributed by atoms with Crippen molar-refractivity contribution in [2.75, 3.05) is 13.2 Å². The fourth-order valence-electron chi connectivity index (χ4n) is 2.29. The average molecular weight is 342 g/mol. The van der Waals surface area contributed by atoms with Crippen molar-refractivity contribution in [2.24, 2.45) is 0 Å². The van der Waals surface area contributed by atoms with Crippen molar-refractivity contribution in [3.8, 4) is 0 Å². The first-order chi connectivity index (χ1) is 11.4. The number of hydrogen-bond acceptors (Lipinski definition) is 8. The highest BCUT2D eigenvalue weighted by Crippen LogP contribution is 2.30. The zero-order valence-electron chi connectivity index (χ0n) is 12.2. The Morgan fingerprint density at radius 3 is 1.46 bits per heavy atom. The monoisotopic (exact) mass is 342 g/mol. The van der Waals surface area contributed by atoms with Crippen LogP contribution in [-0.4, -0.2) is 71.7 Å². The molecule has 2 N–H and O–H groups in total. The van der Waals surface area contributed by atoms with Gasteiger partial charge in [-0.05, 0) is 0 Å². The highest BCUT2D eigenvalue weighted by atomic mass is 16.7. The van der Waals surface area contributed by atoms with E-state index in [1.165, 1.54) is 0 Å². The molecule has 24 heavy (non-hydrogen) atoms. The molecule has 0 amide bonds. The number of carboxylic acid groups (broad SMARTS) is 2. The van der Waals surface area contributed by atoms with Gasteiger partial charge in [-0.1, -0.05) is 0 Å². The molecule has 2 heterocycles. The maximum Gasteiger partial charge on any atom is 0.331 e. The lowest BCUT2D eigenvalue weighted by atomic mass is 10.1. The molecule has 2 rings (SSSR count). The molecule has 2 aliphatic heterocycles. The molecule has 2 saturated heterocycles. The minimum absolute atomic E-state index is 0.000993. The van der Waals surface area contributed by atoms with Crippen LogP contribution in [0.3, 0.4) is 0 Å². The van der Waals surface area contributed by atoms with Crippen molar-refractivity contribution >= 4 is 23.9 Å². The van der Waals surface area contributed by atoms with Crippen LogP contribution >= 0.6 is 0 Å². The summed E-state index contributed by atoms with van der Waals surface area (Å²) in [5.41, 5.74) is 0. The van der Waals surface area contributed by atoms with Crippen LogP contribution in [0.1, 0.15) is 0 Å². The minimum Gasteiger partial charge on any atom is -0.478 e. The summed E-state index contributed by atoms with van der Waals surface area (Å²) < 4.78 is 20.9. The van der Waals surface area contributed by atoms with Crippen LogP contribution in [0.5, 0.6) is 0 Å². The molecule has 4 atom stereocenters. The molecule has 0 bridgehead atoms. The van der Waals surface area contributed by atoms with Crippen molar-refractivity contribution in [1.29, 1.82) is 0 Å². The number of carbonyl (C=O) groups is 4. The minimum atomic E-state index is -1.29. The van der Waals surface area contributed by atoms with Gasteiger partial charge < -0.3 is 29.2 Å². The Morgan fingerprint density at radius 1 is 0.750 bits per heavy atom. The van der Waals surface area contributed by atoms with Crippen molar-refractivity contribution in [1.82, 2.24) is 0 Å². The zero-order chi connectivity index (χ0) is 17.7. The number of fused-ring (bicyclic) bond motifs is 1. The highest BCUT2D eigenvalue weighted by molar-refractivity contribution is 5.91. The van der Waals surface area contributed by atoms with Crippen LogP contribution < -0.4 is 0 Å². The Kier molecular flexibility index (Phi) is 5.66. The summed E-state index contributed by atoms with van der Waals surface area (Å²) in [6.07, 6.45) is -0.0348. The number of esters is 2. The van der Waals surface area contributed by atoms with E-state index in [1.807, 2.05) is 0 Å². The first kappa shape index (κ1) is 17.6. The van der Waals surface area contributed by atoms with Crippen molar-refractivity contribution in [3.05, 3.63) is 24.3 Å². The molecule has 130 valence electrons. The van der Waals surface area contributed by atoms with Crippen molar-refractivity contribution in [2.45, 2.75) is 24.4 Å². The molecule has 0 spiro atoms. The Bertz CT molecular complexity index is 540. The van der Waals surface area contributed by atoms with Gasteiger partial charge in [0, 0.05) is 24.3 Å². The summed E-state index contributed by atoms with van der Waals surface area (Å²) in [5.74, 6) is -4.29. The number of rotatable bonds is 6. The molecular weight excluding hydrogens is 328 g/mol. The van der Waals surface area contributed by atoms with Gasteiger partial charge in [0.05, 0.1) is 13.2 Å². The molecule has 0 aromatic heterocycles. The van der Waals surface area contributed by atoms with E-state index >= 15 is 0 Å². The third-order valence-electron chi connectivity index (χ3n) is 3.22. The lowest BCUT2D eigenvalue weighted by molar-refractivity contribution is -0.149. The molecular formula is C14H14O10. The van der Waals surface area contributed by atoms with E-state index in [-0.39, 0.29) is 13.2 Å². The highest BCUT2D eigenvalue weighted by Gasteiger charge is 2.50. The van der Waals surface area contributed by atoms with Crippen LogP contribution in [0.25, 0.3) is 0 Å². The fraction of sp³-hybridized carbons (Fsp3) is 0.429. The van der Waals surface area contributed by atoms with E-state index in [9.17, 15) is 19.2 Å². The smallest absolute Gasteiger partial charge is 0.331 e. The van der Waals surface area contributed by atoms with E-state index in [0.29, 0.717) is 12.2 Å². The number of carbonyl (C=O) groups excluding carboxylic acids is 2. The fourth-order valence-corrected chi connectivity index (χ4v) is 2.29. The molecule has 10 heteroatoms. The molecule has 0 radical (unpaired) electrons. The number of carboxylic acids is 2. The van der Waals surface area contributed by atoms with Gasteiger partial charge in [0.2, 0.25) is 0 Å². The number of aliphatic carboxylic acids is 2. The van der Waals surface area contributed by atoms with Crippen LogP contribution in [0.4, 0.5) is 0 Å². The summed E-state index contributed by atoms with van der Waals surface area (Å²) >= 11 is 0. The van der Waals surface area contributed by atoms with Crippen LogP contribution in [0.2, 0.25) is 0 Å². The quantitative estimate of drug-likeness (QED) is 0.450. The van der Waals surface area contributed by atoms with E-state index in [0.717, 1.165) is 12.2 Å². The van der Waals surface area contributed by atoms with Crippen LogP contribution in [0.15, 0.2) is 24.3 Å². The SMILES string of the molecule is O=C(O)/C=C\C(=O)O[C@H]1CO[C@H]2[C@@H]1OC[C@@H]2OC(=O)/C=C\C(=O)O. The third-order valence-corrected chi connectivity index (χ3v) is 3.22. The van der Waals surface area contributed by atoms with E-state index in [1.54, 1.807) is 0 Å². The average Bonchev–Trinajstić information content (AvgIpc) is 3.07. The lowest BCUT2D eigenvalue weighted by Gasteiger charge is -2.16.